The van der Waals surface area contributed by atoms with Gasteiger partial charge in [0.2, 0.25) is 5.91 Å². The first-order valence-corrected chi connectivity index (χ1v) is 12.0. The maximum Gasteiger partial charge on any atom is 0.308 e. The molecule has 8 heteroatoms. The van der Waals surface area contributed by atoms with Crippen LogP contribution in [0.25, 0.3) is 0 Å². The molecule has 0 aromatic heterocycles. The van der Waals surface area contributed by atoms with Crippen molar-refractivity contribution >= 4 is 33.7 Å². The second-order valence-electron chi connectivity index (χ2n) is 8.10. The third-order valence-corrected chi connectivity index (χ3v) is 6.22. The van der Waals surface area contributed by atoms with Gasteiger partial charge in [-0.3, -0.25) is 14.4 Å². The molecule has 1 aromatic rings. The number of benzene rings is 1. The Hall–Kier alpha value is -2.09. The number of hydrogen-bond acceptors (Lipinski definition) is 5. The number of unbranched alkanes of at least 4 members (excludes halogenated alkanes) is 1. The van der Waals surface area contributed by atoms with Gasteiger partial charge in [-0.1, -0.05) is 35.7 Å². The zero-order valence-corrected chi connectivity index (χ0v) is 19.6. The van der Waals surface area contributed by atoms with Crippen molar-refractivity contribution in [3.05, 3.63) is 28.2 Å². The van der Waals surface area contributed by atoms with Crippen molar-refractivity contribution in [1.82, 2.24) is 10.2 Å². The molecule has 0 unspecified atom stereocenters. The van der Waals surface area contributed by atoms with Gasteiger partial charge in [0, 0.05) is 17.6 Å². The molecule has 0 bridgehead atoms. The summed E-state index contributed by atoms with van der Waals surface area (Å²) >= 11 is 3.41. The molecule has 1 aliphatic heterocycles. The normalized spacial score (nSPS) is 19.6. The predicted octanol–water partition coefficient (Wildman–Crippen LogP) is 3.83. The van der Waals surface area contributed by atoms with E-state index in [1.807, 2.05) is 6.07 Å². The highest BCUT2D eigenvalue weighted by Gasteiger charge is 2.37. The summed E-state index contributed by atoms with van der Waals surface area (Å²) in [4.78, 5) is 40.0. The smallest absolute Gasteiger partial charge is 0.308 e. The molecule has 1 heterocycles. The molecule has 1 saturated heterocycles. The molecule has 0 spiro atoms. The van der Waals surface area contributed by atoms with Crippen LogP contribution >= 0.6 is 15.9 Å². The lowest BCUT2D eigenvalue weighted by Gasteiger charge is -2.35. The van der Waals surface area contributed by atoms with Gasteiger partial charge >= 0.3 is 5.97 Å². The van der Waals surface area contributed by atoms with E-state index in [9.17, 15) is 14.4 Å². The lowest BCUT2D eigenvalue weighted by molar-refractivity contribution is -0.153. The van der Waals surface area contributed by atoms with E-state index in [0.717, 1.165) is 49.4 Å². The monoisotopic (exact) mass is 494 g/mol. The van der Waals surface area contributed by atoms with E-state index in [2.05, 4.69) is 28.2 Å². The Labute approximate surface area is 192 Å². The van der Waals surface area contributed by atoms with E-state index < -0.39 is 12.0 Å². The number of rotatable bonds is 8. The summed E-state index contributed by atoms with van der Waals surface area (Å²) in [6.45, 7) is 3.25. The molecule has 2 fully saturated rings. The number of carbonyl (C=O) groups excluding carboxylic acids is 3. The standard InChI is InChI=1S/C23H31BrN2O5/c1-2-3-13-30-20-10-9-16(24)14-18(20)23(29)26-12-11-25-22(28)19(26)15-21(27)31-17-7-5-4-6-8-17/h9-10,14,17,19H,2-8,11-13,15H2,1H3,(H,25,28)/t19-/m1/s1. The van der Waals surface area contributed by atoms with Crippen molar-refractivity contribution in [2.24, 2.45) is 0 Å². The van der Waals surface area contributed by atoms with Crippen LogP contribution < -0.4 is 10.1 Å². The van der Waals surface area contributed by atoms with Crippen LogP contribution in [-0.2, 0) is 14.3 Å². The lowest BCUT2D eigenvalue weighted by atomic mass is 9.98. The minimum absolute atomic E-state index is 0.0827. The van der Waals surface area contributed by atoms with Crippen LogP contribution in [0.1, 0.15) is 68.6 Å². The molecule has 1 atom stereocenters. The fourth-order valence-electron chi connectivity index (χ4n) is 4.01. The van der Waals surface area contributed by atoms with Crippen LogP contribution in [0, 0.1) is 0 Å². The largest absolute Gasteiger partial charge is 0.493 e. The summed E-state index contributed by atoms with van der Waals surface area (Å²) in [7, 11) is 0. The lowest BCUT2D eigenvalue weighted by Crippen LogP contribution is -2.58. The van der Waals surface area contributed by atoms with Gasteiger partial charge in [0.15, 0.2) is 0 Å². The number of nitrogens with one attached hydrogen (secondary N) is 1. The van der Waals surface area contributed by atoms with Crippen LogP contribution in [0.3, 0.4) is 0 Å². The van der Waals surface area contributed by atoms with E-state index in [1.54, 1.807) is 12.1 Å². The molecule has 170 valence electrons. The van der Waals surface area contributed by atoms with Gasteiger partial charge in [-0.15, -0.1) is 0 Å². The van der Waals surface area contributed by atoms with Gasteiger partial charge < -0.3 is 19.7 Å². The first-order valence-electron chi connectivity index (χ1n) is 11.2. The number of esters is 1. The minimum atomic E-state index is -0.889. The number of ether oxygens (including phenoxy) is 2. The third-order valence-electron chi connectivity index (χ3n) is 5.73. The van der Waals surface area contributed by atoms with Gasteiger partial charge in [-0.05, 0) is 50.3 Å². The molecule has 1 aromatic carbocycles. The molecule has 1 saturated carbocycles. The molecular weight excluding hydrogens is 464 g/mol. The van der Waals surface area contributed by atoms with E-state index >= 15 is 0 Å². The molecule has 3 rings (SSSR count). The molecule has 2 aliphatic rings. The molecule has 1 N–H and O–H groups in total. The molecular formula is C23H31BrN2O5. The van der Waals surface area contributed by atoms with Crippen LogP contribution in [-0.4, -0.2) is 54.5 Å². The highest BCUT2D eigenvalue weighted by molar-refractivity contribution is 9.10. The van der Waals surface area contributed by atoms with Crippen LogP contribution in [0.5, 0.6) is 5.75 Å². The Morgan fingerprint density at radius 1 is 1.23 bits per heavy atom. The van der Waals surface area contributed by atoms with E-state index in [1.165, 1.54) is 4.90 Å². The highest BCUT2D eigenvalue weighted by Crippen LogP contribution is 2.27. The molecule has 1 aliphatic carbocycles. The maximum atomic E-state index is 13.4. The van der Waals surface area contributed by atoms with Crippen molar-refractivity contribution in [1.29, 1.82) is 0 Å². The van der Waals surface area contributed by atoms with Gasteiger partial charge in [0.1, 0.15) is 17.9 Å². The summed E-state index contributed by atoms with van der Waals surface area (Å²) in [5.74, 6) is -0.599. The van der Waals surface area contributed by atoms with Gasteiger partial charge in [0.25, 0.3) is 5.91 Å². The summed E-state index contributed by atoms with van der Waals surface area (Å²) in [6.07, 6.45) is 6.63. The number of hydrogen-bond donors (Lipinski definition) is 1. The zero-order valence-electron chi connectivity index (χ0n) is 18.0. The average Bonchev–Trinajstić information content (AvgIpc) is 2.76. The maximum absolute atomic E-state index is 13.4. The number of carbonyl (C=O) groups is 3. The van der Waals surface area contributed by atoms with Crippen molar-refractivity contribution in [3.63, 3.8) is 0 Å². The minimum Gasteiger partial charge on any atom is -0.493 e. The van der Waals surface area contributed by atoms with Crippen molar-refractivity contribution in [2.75, 3.05) is 19.7 Å². The third kappa shape index (κ3) is 6.45. The Bertz CT molecular complexity index is 794. The van der Waals surface area contributed by atoms with Crippen LogP contribution in [0.4, 0.5) is 0 Å². The quantitative estimate of drug-likeness (QED) is 0.438. The summed E-state index contributed by atoms with van der Waals surface area (Å²) in [5.41, 5.74) is 0.380. The number of piperazine rings is 1. The molecule has 0 radical (unpaired) electrons. The number of halogens is 1. The van der Waals surface area contributed by atoms with Crippen molar-refractivity contribution < 1.29 is 23.9 Å². The SMILES string of the molecule is CCCCOc1ccc(Br)cc1C(=O)N1CCNC(=O)[C@H]1CC(=O)OC1CCCCC1. The Kier molecular flexibility index (Phi) is 8.75. The topological polar surface area (TPSA) is 84.9 Å². The molecule has 2 amide bonds. The van der Waals surface area contributed by atoms with E-state index in [4.69, 9.17) is 9.47 Å². The second-order valence-corrected chi connectivity index (χ2v) is 9.02. The Balaban J connectivity index is 1.74. The van der Waals surface area contributed by atoms with E-state index in [0.29, 0.717) is 31.0 Å². The second kappa shape index (κ2) is 11.5. The average molecular weight is 495 g/mol. The van der Waals surface area contributed by atoms with E-state index in [-0.39, 0.29) is 24.3 Å². The first-order chi connectivity index (χ1) is 15.0. The van der Waals surface area contributed by atoms with Crippen LogP contribution in [0.15, 0.2) is 22.7 Å². The summed E-state index contributed by atoms with van der Waals surface area (Å²) < 4.78 is 12.2. The summed E-state index contributed by atoms with van der Waals surface area (Å²) in [5, 5.41) is 2.76. The zero-order chi connectivity index (χ0) is 22.2. The Morgan fingerprint density at radius 2 is 2.00 bits per heavy atom. The Morgan fingerprint density at radius 3 is 2.74 bits per heavy atom. The van der Waals surface area contributed by atoms with Crippen molar-refractivity contribution in [3.8, 4) is 5.75 Å². The molecule has 7 nitrogen and oxygen atoms in total. The molecule has 31 heavy (non-hydrogen) atoms. The predicted molar refractivity (Wildman–Crippen MR) is 120 cm³/mol. The van der Waals surface area contributed by atoms with Gasteiger partial charge in [-0.2, -0.15) is 0 Å². The van der Waals surface area contributed by atoms with Gasteiger partial charge in [0.05, 0.1) is 18.6 Å². The highest BCUT2D eigenvalue weighted by atomic mass is 79.9. The fraction of sp³-hybridized carbons (Fsp3) is 0.609. The first kappa shape index (κ1) is 23.6. The van der Waals surface area contributed by atoms with Gasteiger partial charge in [-0.25, -0.2) is 0 Å². The van der Waals surface area contributed by atoms with Crippen molar-refractivity contribution in [2.45, 2.75) is 70.4 Å². The fourth-order valence-corrected chi connectivity index (χ4v) is 4.37. The number of nitrogens with zero attached hydrogens (tertiary/aromatic N) is 1. The summed E-state index contributed by atoms with van der Waals surface area (Å²) in [6, 6.07) is 4.39. The number of amides is 2. The van der Waals surface area contributed by atoms with Crippen LogP contribution in [0.2, 0.25) is 0 Å².